The minimum atomic E-state index is -4.53. The molecule has 0 aromatic carbocycles. The number of aromatic nitrogens is 3. The van der Waals surface area contributed by atoms with Crippen LogP contribution in [0.25, 0.3) is 0 Å². The van der Waals surface area contributed by atoms with E-state index in [0.29, 0.717) is 11.3 Å². The number of nitrogens with zero attached hydrogens (tertiary/aromatic N) is 5. The van der Waals surface area contributed by atoms with E-state index in [4.69, 9.17) is 10.6 Å². The summed E-state index contributed by atoms with van der Waals surface area (Å²) in [7, 11) is 0. The van der Waals surface area contributed by atoms with Gasteiger partial charge in [-0.15, -0.1) is 0 Å². The van der Waals surface area contributed by atoms with Crippen molar-refractivity contribution in [2.24, 2.45) is 10.9 Å². The number of rotatable bonds is 4. The normalized spacial score (nSPS) is 16.8. The maximum atomic E-state index is 12.5. The van der Waals surface area contributed by atoms with Crippen LogP contribution in [-0.2, 0) is 11.0 Å². The lowest BCUT2D eigenvalue weighted by Crippen LogP contribution is -2.39. The van der Waals surface area contributed by atoms with E-state index in [0.717, 1.165) is 18.3 Å². The number of halogens is 3. The van der Waals surface area contributed by atoms with Gasteiger partial charge < -0.3 is 15.9 Å². The van der Waals surface area contributed by atoms with Crippen molar-refractivity contribution in [3.8, 4) is 0 Å². The third-order valence-electron chi connectivity index (χ3n) is 3.17. The number of alkyl halides is 3. The van der Waals surface area contributed by atoms with Gasteiger partial charge in [0.25, 0.3) is 5.91 Å². The number of carbonyl (C=O) groups excluding carboxylic acids is 1. The molecule has 0 saturated heterocycles. The van der Waals surface area contributed by atoms with Crippen molar-refractivity contribution in [1.29, 1.82) is 0 Å². The van der Waals surface area contributed by atoms with Gasteiger partial charge in [-0.2, -0.15) is 18.2 Å². The molecule has 2 aromatic rings. The van der Waals surface area contributed by atoms with Gasteiger partial charge in [0.15, 0.2) is 0 Å². The number of nitrogens with two attached hydrogens (primary N) is 1. The molecule has 1 atom stereocenters. The summed E-state index contributed by atoms with van der Waals surface area (Å²) in [5.41, 5.74) is 4.00. The van der Waals surface area contributed by atoms with Gasteiger partial charge in [-0.05, 0) is 12.1 Å². The van der Waals surface area contributed by atoms with Crippen LogP contribution in [0.15, 0.2) is 35.9 Å². The van der Waals surface area contributed by atoms with Crippen LogP contribution in [0.5, 0.6) is 0 Å². The average Bonchev–Trinajstić information content (AvgIpc) is 2.95. The topological polar surface area (TPSA) is 139 Å². The number of hydroxylamine groups is 2. The standard InChI is InChI=1S/C13H10F3N7O3/c14-13(15,16)6-1-2-7(18-3-6)11-22-26-12(23(11)25)21-9-5-19-8(4-20-9)10(17)24/h1-5,12,25H,(H2,17,24)(H,20,21). The Hall–Kier alpha value is -3.48. The molecule has 3 heterocycles. The third kappa shape index (κ3) is 3.46. The highest BCUT2D eigenvalue weighted by molar-refractivity contribution is 5.96. The molecule has 4 N–H and O–H groups in total. The lowest BCUT2D eigenvalue weighted by Gasteiger charge is -2.19. The molecular formula is C13H10F3N7O3. The van der Waals surface area contributed by atoms with Crippen molar-refractivity contribution < 1.29 is 28.0 Å². The molecule has 0 spiro atoms. The fourth-order valence-corrected chi connectivity index (χ4v) is 1.90. The second-order valence-corrected chi connectivity index (χ2v) is 4.94. The highest BCUT2D eigenvalue weighted by Crippen LogP contribution is 2.28. The highest BCUT2D eigenvalue weighted by Gasteiger charge is 2.34. The molecular weight excluding hydrogens is 359 g/mol. The number of oxime groups is 1. The summed E-state index contributed by atoms with van der Waals surface area (Å²) in [6.07, 6.45) is -2.87. The Kier molecular flexibility index (Phi) is 4.29. The molecule has 1 aliphatic heterocycles. The zero-order chi connectivity index (χ0) is 18.9. The van der Waals surface area contributed by atoms with E-state index in [9.17, 15) is 23.2 Å². The molecule has 0 bridgehead atoms. The number of carbonyl (C=O) groups is 1. The van der Waals surface area contributed by atoms with Gasteiger partial charge in [0.1, 0.15) is 17.2 Å². The number of hydrogen-bond donors (Lipinski definition) is 3. The van der Waals surface area contributed by atoms with Crippen molar-refractivity contribution in [2.75, 3.05) is 5.32 Å². The lowest BCUT2D eigenvalue weighted by molar-refractivity contribution is -0.137. The highest BCUT2D eigenvalue weighted by atomic mass is 19.4. The Labute approximate surface area is 143 Å². The predicted octanol–water partition coefficient (Wildman–Crippen LogP) is 0.768. The van der Waals surface area contributed by atoms with Crippen LogP contribution in [0.1, 0.15) is 21.7 Å². The van der Waals surface area contributed by atoms with Gasteiger partial charge in [-0.25, -0.2) is 9.97 Å². The van der Waals surface area contributed by atoms with Gasteiger partial charge in [-0.1, -0.05) is 5.16 Å². The molecule has 136 valence electrons. The van der Waals surface area contributed by atoms with E-state index in [1.807, 2.05) is 0 Å². The fourth-order valence-electron chi connectivity index (χ4n) is 1.90. The maximum absolute atomic E-state index is 12.5. The minimum absolute atomic E-state index is 0.0417. The lowest BCUT2D eigenvalue weighted by atomic mass is 10.2. The van der Waals surface area contributed by atoms with Crippen LogP contribution in [-0.4, -0.2) is 43.3 Å². The first-order valence-electron chi connectivity index (χ1n) is 6.89. The predicted molar refractivity (Wildman–Crippen MR) is 78.4 cm³/mol. The zero-order valence-corrected chi connectivity index (χ0v) is 12.7. The molecule has 3 rings (SSSR count). The Morgan fingerprint density at radius 3 is 2.54 bits per heavy atom. The largest absolute Gasteiger partial charge is 0.417 e. The third-order valence-corrected chi connectivity index (χ3v) is 3.17. The molecule has 2 aromatic heterocycles. The van der Waals surface area contributed by atoms with Crippen molar-refractivity contribution in [3.05, 3.63) is 47.7 Å². The summed E-state index contributed by atoms with van der Waals surface area (Å²) in [5, 5.41) is 16.7. The van der Waals surface area contributed by atoms with E-state index in [1.165, 1.54) is 6.20 Å². The summed E-state index contributed by atoms with van der Waals surface area (Å²) < 4.78 is 37.6. The molecule has 0 aliphatic carbocycles. The Morgan fingerprint density at radius 1 is 1.23 bits per heavy atom. The molecule has 0 saturated carbocycles. The van der Waals surface area contributed by atoms with Crippen molar-refractivity contribution >= 4 is 17.6 Å². The smallest absolute Gasteiger partial charge is 0.364 e. The molecule has 1 amide bonds. The monoisotopic (exact) mass is 369 g/mol. The van der Waals surface area contributed by atoms with Crippen LogP contribution in [0.2, 0.25) is 0 Å². The quantitative estimate of drug-likeness (QED) is 0.718. The minimum Gasteiger partial charge on any atom is -0.364 e. The number of pyridine rings is 1. The molecule has 1 aliphatic rings. The second-order valence-electron chi connectivity index (χ2n) is 4.94. The van der Waals surface area contributed by atoms with Crippen LogP contribution in [0.3, 0.4) is 0 Å². The number of amides is 1. The Balaban J connectivity index is 1.69. The maximum Gasteiger partial charge on any atom is 0.417 e. The van der Waals surface area contributed by atoms with Crippen molar-refractivity contribution in [2.45, 2.75) is 12.5 Å². The molecule has 0 fully saturated rings. The number of amidine groups is 1. The number of anilines is 1. The van der Waals surface area contributed by atoms with Crippen LogP contribution in [0.4, 0.5) is 19.0 Å². The second kappa shape index (κ2) is 6.44. The average molecular weight is 369 g/mol. The van der Waals surface area contributed by atoms with Crippen molar-refractivity contribution in [1.82, 2.24) is 20.0 Å². The summed E-state index contributed by atoms with van der Waals surface area (Å²) in [6, 6.07) is 1.84. The summed E-state index contributed by atoms with van der Waals surface area (Å²) >= 11 is 0. The zero-order valence-electron chi connectivity index (χ0n) is 12.7. The van der Waals surface area contributed by atoms with E-state index < -0.39 is 24.0 Å². The Bertz CT molecular complexity index is 840. The fraction of sp³-hybridized carbons (Fsp3) is 0.154. The van der Waals surface area contributed by atoms with Crippen molar-refractivity contribution in [3.63, 3.8) is 0 Å². The van der Waals surface area contributed by atoms with Gasteiger partial charge >= 0.3 is 12.5 Å². The first-order valence-corrected chi connectivity index (χ1v) is 6.89. The van der Waals surface area contributed by atoms with Gasteiger partial charge in [0, 0.05) is 6.20 Å². The van der Waals surface area contributed by atoms with Crippen LogP contribution >= 0.6 is 0 Å². The summed E-state index contributed by atoms with van der Waals surface area (Å²) in [6.45, 7) is 0. The van der Waals surface area contributed by atoms with Gasteiger partial charge in [-0.3, -0.25) is 15.0 Å². The number of nitrogens with one attached hydrogen (secondary N) is 1. The number of primary amides is 1. The van der Waals surface area contributed by atoms with Crippen LogP contribution in [0, 0.1) is 0 Å². The molecule has 26 heavy (non-hydrogen) atoms. The van der Waals surface area contributed by atoms with E-state index in [1.54, 1.807) is 0 Å². The molecule has 1 unspecified atom stereocenters. The number of hydrogen-bond acceptors (Lipinski definition) is 9. The summed E-state index contributed by atoms with van der Waals surface area (Å²) in [5.74, 6) is -0.849. The van der Waals surface area contributed by atoms with E-state index in [-0.39, 0.29) is 23.0 Å². The van der Waals surface area contributed by atoms with Gasteiger partial charge in [0.05, 0.1) is 18.0 Å². The van der Waals surface area contributed by atoms with Crippen LogP contribution < -0.4 is 11.1 Å². The first-order chi connectivity index (χ1) is 12.3. The first kappa shape index (κ1) is 17.3. The SMILES string of the molecule is NC(=O)c1cnc(NC2ON=C(c3ccc(C(F)(F)F)cn3)N2O)cn1. The molecule has 13 heteroatoms. The molecule has 0 radical (unpaired) electrons. The Morgan fingerprint density at radius 2 is 2.00 bits per heavy atom. The molecule has 10 nitrogen and oxygen atoms in total. The van der Waals surface area contributed by atoms with E-state index >= 15 is 0 Å². The van der Waals surface area contributed by atoms with Gasteiger partial charge in [0.2, 0.25) is 5.84 Å². The van der Waals surface area contributed by atoms with E-state index in [2.05, 4.69) is 25.4 Å². The summed E-state index contributed by atoms with van der Waals surface area (Å²) in [4.78, 5) is 27.1.